The van der Waals surface area contributed by atoms with Gasteiger partial charge in [-0.15, -0.1) is 0 Å². The van der Waals surface area contributed by atoms with Crippen molar-refractivity contribution in [2.24, 2.45) is 5.92 Å². The summed E-state index contributed by atoms with van der Waals surface area (Å²) in [5.41, 5.74) is 0.918. The fraction of sp³-hybridized carbons (Fsp3) is 0.538. The van der Waals surface area contributed by atoms with Gasteiger partial charge in [-0.3, -0.25) is 10.1 Å². The third kappa shape index (κ3) is 3.96. The molecule has 100 valence electrons. The molecule has 0 saturated carbocycles. The monoisotopic (exact) mass is 270 g/mol. The number of non-ortho nitro benzene ring substituents is 1. The van der Waals surface area contributed by atoms with Crippen molar-refractivity contribution in [2.45, 2.75) is 39.8 Å². The molecular formula is C13H19ClN2O2. The molecule has 0 amide bonds. The van der Waals surface area contributed by atoms with Gasteiger partial charge in [0.15, 0.2) is 0 Å². The zero-order valence-electron chi connectivity index (χ0n) is 10.9. The van der Waals surface area contributed by atoms with E-state index in [4.69, 9.17) is 11.6 Å². The van der Waals surface area contributed by atoms with E-state index in [9.17, 15) is 10.1 Å². The van der Waals surface area contributed by atoms with Crippen molar-refractivity contribution in [3.63, 3.8) is 0 Å². The van der Waals surface area contributed by atoms with Gasteiger partial charge in [-0.05, 0) is 24.0 Å². The van der Waals surface area contributed by atoms with Crippen molar-refractivity contribution in [3.05, 3.63) is 38.9 Å². The molecule has 1 aromatic rings. The van der Waals surface area contributed by atoms with Crippen LogP contribution in [0.5, 0.6) is 0 Å². The van der Waals surface area contributed by atoms with Crippen LogP contribution in [0.1, 0.15) is 32.8 Å². The van der Waals surface area contributed by atoms with Gasteiger partial charge in [0, 0.05) is 24.7 Å². The highest BCUT2D eigenvalue weighted by molar-refractivity contribution is 6.31. The number of nitrogens with one attached hydrogen (secondary N) is 1. The Hall–Kier alpha value is -1.13. The van der Waals surface area contributed by atoms with Gasteiger partial charge in [-0.1, -0.05) is 32.4 Å². The molecule has 4 nitrogen and oxygen atoms in total. The van der Waals surface area contributed by atoms with Crippen LogP contribution in [-0.4, -0.2) is 11.0 Å². The Bertz CT molecular complexity index is 421. The van der Waals surface area contributed by atoms with Crippen molar-refractivity contribution >= 4 is 17.3 Å². The smallest absolute Gasteiger partial charge is 0.270 e. The lowest BCUT2D eigenvalue weighted by Crippen LogP contribution is -2.32. The van der Waals surface area contributed by atoms with Crippen LogP contribution in [0.2, 0.25) is 5.02 Å². The van der Waals surface area contributed by atoms with E-state index in [1.807, 2.05) is 0 Å². The average Bonchev–Trinajstić information content (AvgIpc) is 2.30. The molecule has 0 heterocycles. The van der Waals surface area contributed by atoms with Crippen LogP contribution in [-0.2, 0) is 6.54 Å². The normalized spacial score (nSPS) is 12.7. The number of nitro groups is 1. The van der Waals surface area contributed by atoms with E-state index < -0.39 is 4.92 Å². The summed E-state index contributed by atoms with van der Waals surface area (Å²) in [6.45, 7) is 7.10. The molecule has 1 atom stereocenters. The van der Waals surface area contributed by atoms with Gasteiger partial charge < -0.3 is 5.32 Å². The first-order chi connectivity index (χ1) is 8.45. The number of hydrogen-bond donors (Lipinski definition) is 1. The third-order valence-corrected chi connectivity index (χ3v) is 3.40. The van der Waals surface area contributed by atoms with E-state index in [0.717, 1.165) is 12.0 Å². The molecular weight excluding hydrogens is 252 g/mol. The van der Waals surface area contributed by atoms with Gasteiger partial charge in [0.25, 0.3) is 5.69 Å². The van der Waals surface area contributed by atoms with E-state index in [2.05, 4.69) is 26.1 Å². The fourth-order valence-electron chi connectivity index (χ4n) is 1.89. The number of nitrogens with zero attached hydrogens (tertiary/aromatic N) is 1. The molecule has 0 aromatic heterocycles. The molecule has 1 aromatic carbocycles. The van der Waals surface area contributed by atoms with Gasteiger partial charge in [0.2, 0.25) is 0 Å². The van der Waals surface area contributed by atoms with Crippen LogP contribution < -0.4 is 5.32 Å². The minimum atomic E-state index is -0.438. The van der Waals surface area contributed by atoms with E-state index in [-0.39, 0.29) is 5.69 Å². The van der Waals surface area contributed by atoms with Crippen molar-refractivity contribution in [1.82, 2.24) is 5.32 Å². The van der Waals surface area contributed by atoms with Crippen molar-refractivity contribution in [3.8, 4) is 0 Å². The summed E-state index contributed by atoms with van der Waals surface area (Å²) in [6, 6.07) is 5.02. The first kappa shape index (κ1) is 14.9. The van der Waals surface area contributed by atoms with Gasteiger partial charge in [-0.25, -0.2) is 0 Å². The topological polar surface area (TPSA) is 55.2 Å². The predicted octanol–water partition coefficient (Wildman–Crippen LogP) is 3.77. The third-order valence-electron chi connectivity index (χ3n) is 3.05. The number of benzene rings is 1. The SMILES string of the molecule is CCC(NCc1ccc([N+](=O)[O-])cc1Cl)C(C)C. The standard InChI is InChI=1S/C13H19ClN2O2/c1-4-13(9(2)3)15-8-10-5-6-11(16(17)18)7-12(10)14/h5-7,9,13,15H,4,8H2,1-3H3. The molecule has 5 heteroatoms. The molecule has 0 fully saturated rings. The molecule has 0 aliphatic rings. The largest absolute Gasteiger partial charge is 0.310 e. The minimum absolute atomic E-state index is 0.0275. The maximum Gasteiger partial charge on any atom is 0.270 e. The van der Waals surface area contributed by atoms with Crippen molar-refractivity contribution in [2.75, 3.05) is 0 Å². The summed E-state index contributed by atoms with van der Waals surface area (Å²) in [5, 5.41) is 14.5. The fourth-order valence-corrected chi connectivity index (χ4v) is 2.13. The van der Waals surface area contributed by atoms with Crippen molar-refractivity contribution < 1.29 is 4.92 Å². The summed E-state index contributed by atoms with van der Waals surface area (Å²) >= 11 is 6.04. The van der Waals surface area contributed by atoms with Crippen LogP contribution in [0.15, 0.2) is 18.2 Å². The van der Waals surface area contributed by atoms with Crippen molar-refractivity contribution in [1.29, 1.82) is 0 Å². The molecule has 0 radical (unpaired) electrons. The van der Waals surface area contributed by atoms with Gasteiger partial charge in [0.1, 0.15) is 0 Å². The number of rotatable bonds is 6. The van der Waals surface area contributed by atoms with E-state index in [1.54, 1.807) is 6.07 Å². The highest BCUT2D eigenvalue weighted by Crippen LogP contribution is 2.22. The highest BCUT2D eigenvalue weighted by atomic mass is 35.5. The zero-order chi connectivity index (χ0) is 13.7. The van der Waals surface area contributed by atoms with Crippen LogP contribution in [0.4, 0.5) is 5.69 Å². The van der Waals surface area contributed by atoms with Crippen LogP contribution in [0.3, 0.4) is 0 Å². The highest BCUT2D eigenvalue weighted by Gasteiger charge is 2.13. The summed E-state index contributed by atoms with van der Waals surface area (Å²) < 4.78 is 0. The summed E-state index contributed by atoms with van der Waals surface area (Å²) in [4.78, 5) is 10.2. The lowest BCUT2D eigenvalue weighted by Gasteiger charge is -2.21. The molecule has 1 unspecified atom stereocenters. The lowest BCUT2D eigenvalue weighted by atomic mass is 10.0. The molecule has 1 N–H and O–H groups in total. The number of halogens is 1. The zero-order valence-corrected chi connectivity index (χ0v) is 11.7. The maximum absolute atomic E-state index is 10.6. The van der Waals surface area contributed by atoms with E-state index in [0.29, 0.717) is 23.5 Å². The van der Waals surface area contributed by atoms with Crippen LogP contribution >= 0.6 is 11.6 Å². The van der Waals surface area contributed by atoms with Gasteiger partial charge in [-0.2, -0.15) is 0 Å². The number of hydrogen-bond acceptors (Lipinski definition) is 3. The average molecular weight is 271 g/mol. The van der Waals surface area contributed by atoms with E-state index in [1.165, 1.54) is 12.1 Å². The van der Waals surface area contributed by atoms with Gasteiger partial charge >= 0.3 is 0 Å². The number of nitro benzene ring substituents is 1. The Balaban J connectivity index is 2.71. The second kappa shape index (κ2) is 6.71. The molecule has 18 heavy (non-hydrogen) atoms. The van der Waals surface area contributed by atoms with Gasteiger partial charge in [0.05, 0.1) is 9.95 Å². The first-order valence-corrected chi connectivity index (χ1v) is 6.49. The quantitative estimate of drug-likeness (QED) is 0.632. The summed E-state index contributed by atoms with van der Waals surface area (Å²) in [5.74, 6) is 0.548. The predicted molar refractivity (Wildman–Crippen MR) is 73.9 cm³/mol. The Kier molecular flexibility index (Phi) is 5.56. The lowest BCUT2D eigenvalue weighted by molar-refractivity contribution is -0.384. The van der Waals surface area contributed by atoms with E-state index >= 15 is 0 Å². The van der Waals surface area contributed by atoms with Crippen LogP contribution in [0.25, 0.3) is 0 Å². The Morgan fingerprint density at radius 1 is 1.44 bits per heavy atom. The molecule has 0 saturated heterocycles. The molecule has 0 aliphatic heterocycles. The Morgan fingerprint density at radius 2 is 2.11 bits per heavy atom. The Labute approximate surface area is 112 Å². The summed E-state index contributed by atoms with van der Waals surface area (Å²) in [6.07, 6.45) is 1.04. The molecule has 1 rings (SSSR count). The molecule has 0 bridgehead atoms. The maximum atomic E-state index is 10.6. The van der Waals surface area contributed by atoms with Crippen LogP contribution in [0, 0.1) is 16.0 Å². The molecule has 0 aliphatic carbocycles. The molecule has 0 spiro atoms. The Morgan fingerprint density at radius 3 is 2.56 bits per heavy atom. The second-order valence-corrected chi connectivity index (χ2v) is 5.08. The first-order valence-electron chi connectivity index (χ1n) is 6.11. The summed E-state index contributed by atoms with van der Waals surface area (Å²) in [7, 11) is 0. The minimum Gasteiger partial charge on any atom is -0.310 e. The second-order valence-electron chi connectivity index (χ2n) is 4.67.